The Morgan fingerprint density at radius 2 is 1.78 bits per heavy atom. The second-order valence-corrected chi connectivity index (χ2v) is 8.05. The highest BCUT2D eigenvalue weighted by Crippen LogP contribution is 2.36. The Morgan fingerprint density at radius 1 is 1.03 bits per heavy atom. The van der Waals surface area contributed by atoms with Gasteiger partial charge in [0.1, 0.15) is 0 Å². The molecule has 7 heteroatoms. The number of carbonyl (C=O) groups excluding carboxylic acids is 2. The highest BCUT2D eigenvalue weighted by Gasteiger charge is 2.31. The van der Waals surface area contributed by atoms with Crippen LogP contribution in [0.3, 0.4) is 0 Å². The van der Waals surface area contributed by atoms with Gasteiger partial charge in [-0.05, 0) is 48.9 Å². The topological polar surface area (TPSA) is 115 Å². The number of carbonyl (C=O) groups is 2. The van der Waals surface area contributed by atoms with Crippen molar-refractivity contribution in [2.75, 3.05) is 12.3 Å². The number of likely N-dealkylation sites (tertiary alicyclic amines) is 1. The standard InChI is InChI=1S/C25H27N5O2/c26-24(32)19-12-10-18(11-13-19)20-16-28-25(27)29-23(20)21-8-4-5-15-30(21)22(31)14-9-17-6-2-1-3-7-17/h1-3,6-7,10-13,16,21H,4-5,8-9,14-15H2,(H2,26,32)(H2,27,28,29). The van der Waals surface area contributed by atoms with Crippen LogP contribution in [0.5, 0.6) is 0 Å². The summed E-state index contributed by atoms with van der Waals surface area (Å²) in [6.45, 7) is 0.697. The first kappa shape index (κ1) is 21.5. The maximum absolute atomic E-state index is 13.2. The maximum atomic E-state index is 13.2. The van der Waals surface area contributed by atoms with Crippen LogP contribution in [0.4, 0.5) is 5.95 Å². The van der Waals surface area contributed by atoms with Crippen molar-refractivity contribution < 1.29 is 9.59 Å². The average molecular weight is 430 g/mol. The zero-order valence-corrected chi connectivity index (χ0v) is 17.9. The van der Waals surface area contributed by atoms with Gasteiger partial charge >= 0.3 is 0 Å². The maximum Gasteiger partial charge on any atom is 0.248 e. The first-order valence-corrected chi connectivity index (χ1v) is 10.9. The van der Waals surface area contributed by atoms with Crippen molar-refractivity contribution in [1.29, 1.82) is 0 Å². The Bertz CT molecular complexity index is 1100. The van der Waals surface area contributed by atoms with Crippen LogP contribution in [0.2, 0.25) is 0 Å². The summed E-state index contributed by atoms with van der Waals surface area (Å²) in [4.78, 5) is 35.3. The number of nitrogens with zero attached hydrogens (tertiary/aromatic N) is 3. The number of benzene rings is 2. The number of amides is 2. The third kappa shape index (κ3) is 4.77. The monoisotopic (exact) mass is 429 g/mol. The molecule has 1 atom stereocenters. The molecule has 2 aromatic carbocycles. The fourth-order valence-electron chi connectivity index (χ4n) is 4.25. The number of aromatic nitrogens is 2. The molecule has 1 fully saturated rings. The van der Waals surface area contributed by atoms with Gasteiger partial charge < -0.3 is 16.4 Å². The predicted molar refractivity (Wildman–Crippen MR) is 123 cm³/mol. The average Bonchev–Trinajstić information content (AvgIpc) is 2.83. The number of nitrogens with two attached hydrogens (primary N) is 2. The van der Waals surface area contributed by atoms with E-state index in [1.54, 1.807) is 18.3 Å². The first-order chi connectivity index (χ1) is 15.5. The second-order valence-electron chi connectivity index (χ2n) is 8.05. The van der Waals surface area contributed by atoms with E-state index in [9.17, 15) is 9.59 Å². The zero-order chi connectivity index (χ0) is 22.5. The molecule has 7 nitrogen and oxygen atoms in total. The normalized spacial score (nSPS) is 16.0. The molecule has 1 saturated heterocycles. The Kier molecular flexibility index (Phi) is 6.44. The van der Waals surface area contributed by atoms with Crippen LogP contribution < -0.4 is 11.5 Å². The summed E-state index contributed by atoms with van der Waals surface area (Å²) in [5.74, 6) is -0.182. The molecule has 1 unspecified atom stereocenters. The van der Waals surface area contributed by atoms with Crippen LogP contribution in [0.25, 0.3) is 11.1 Å². The highest BCUT2D eigenvalue weighted by atomic mass is 16.2. The molecular weight excluding hydrogens is 402 g/mol. The van der Waals surface area contributed by atoms with Crippen molar-refractivity contribution in [3.8, 4) is 11.1 Å². The van der Waals surface area contributed by atoms with Crippen molar-refractivity contribution in [1.82, 2.24) is 14.9 Å². The molecule has 3 aromatic rings. The molecule has 0 saturated carbocycles. The summed E-state index contributed by atoms with van der Waals surface area (Å²) in [5, 5.41) is 0. The smallest absolute Gasteiger partial charge is 0.248 e. The summed E-state index contributed by atoms with van der Waals surface area (Å²) in [7, 11) is 0. The van der Waals surface area contributed by atoms with E-state index in [4.69, 9.17) is 11.5 Å². The summed E-state index contributed by atoms with van der Waals surface area (Å²) < 4.78 is 0. The fourth-order valence-corrected chi connectivity index (χ4v) is 4.25. The van der Waals surface area contributed by atoms with E-state index in [2.05, 4.69) is 9.97 Å². The first-order valence-electron chi connectivity index (χ1n) is 10.9. The number of anilines is 1. The van der Waals surface area contributed by atoms with Crippen molar-refractivity contribution in [2.24, 2.45) is 5.73 Å². The van der Waals surface area contributed by atoms with Crippen LogP contribution in [0, 0.1) is 0 Å². The lowest BCUT2D eigenvalue weighted by atomic mass is 9.93. The number of piperidine rings is 1. The van der Waals surface area contributed by atoms with Gasteiger partial charge in [-0.1, -0.05) is 42.5 Å². The third-order valence-electron chi connectivity index (χ3n) is 5.93. The molecule has 4 N–H and O–H groups in total. The molecule has 4 rings (SSSR count). The highest BCUT2D eigenvalue weighted by molar-refractivity contribution is 5.93. The predicted octanol–water partition coefficient (Wildman–Crippen LogP) is 3.51. The molecule has 2 heterocycles. The third-order valence-corrected chi connectivity index (χ3v) is 5.93. The van der Waals surface area contributed by atoms with Crippen LogP contribution in [-0.2, 0) is 11.2 Å². The number of primary amides is 1. The van der Waals surface area contributed by atoms with Gasteiger partial charge in [-0.15, -0.1) is 0 Å². The summed E-state index contributed by atoms with van der Waals surface area (Å²) in [6.07, 6.45) is 5.64. The molecule has 1 aromatic heterocycles. The minimum absolute atomic E-state index is 0.116. The molecular formula is C25H27N5O2. The number of hydrogen-bond donors (Lipinski definition) is 2. The van der Waals surface area contributed by atoms with Gasteiger partial charge in [-0.25, -0.2) is 9.97 Å². The van der Waals surface area contributed by atoms with Crippen molar-refractivity contribution in [3.05, 3.63) is 77.6 Å². The summed E-state index contributed by atoms with van der Waals surface area (Å²) in [5.41, 5.74) is 15.3. The molecule has 0 radical (unpaired) electrons. The Labute approximate surface area is 187 Å². The zero-order valence-electron chi connectivity index (χ0n) is 17.9. The van der Waals surface area contributed by atoms with E-state index in [0.29, 0.717) is 24.9 Å². The summed E-state index contributed by atoms with van der Waals surface area (Å²) in [6, 6.07) is 16.9. The van der Waals surface area contributed by atoms with Gasteiger partial charge in [0, 0.05) is 30.3 Å². The Hall–Kier alpha value is -3.74. The van der Waals surface area contributed by atoms with Gasteiger partial charge in [0.2, 0.25) is 17.8 Å². The molecule has 1 aliphatic rings. The minimum atomic E-state index is -0.479. The lowest BCUT2D eigenvalue weighted by molar-refractivity contribution is -0.135. The van der Waals surface area contributed by atoms with E-state index in [0.717, 1.165) is 41.6 Å². The van der Waals surface area contributed by atoms with E-state index in [1.165, 1.54) is 0 Å². The second kappa shape index (κ2) is 9.60. The van der Waals surface area contributed by atoms with Crippen LogP contribution in [0.15, 0.2) is 60.8 Å². The van der Waals surface area contributed by atoms with Crippen molar-refractivity contribution in [2.45, 2.75) is 38.1 Å². The lowest BCUT2D eigenvalue weighted by Crippen LogP contribution is -2.39. The molecule has 32 heavy (non-hydrogen) atoms. The van der Waals surface area contributed by atoms with Crippen molar-refractivity contribution >= 4 is 17.8 Å². The number of rotatable bonds is 6. The van der Waals surface area contributed by atoms with Gasteiger partial charge in [0.05, 0.1) is 11.7 Å². The molecule has 1 aliphatic heterocycles. The van der Waals surface area contributed by atoms with E-state index in [-0.39, 0.29) is 17.9 Å². The van der Waals surface area contributed by atoms with E-state index < -0.39 is 5.91 Å². The molecule has 164 valence electrons. The molecule has 0 spiro atoms. The minimum Gasteiger partial charge on any atom is -0.368 e. The van der Waals surface area contributed by atoms with Gasteiger partial charge in [0.15, 0.2) is 0 Å². The molecule has 0 aliphatic carbocycles. The van der Waals surface area contributed by atoms with Crippen LogP contribution in [0.1, 0.15) is 53.3 Å². The summed E-state index contributed by atoms with van der Waals surface area (Å²) >= 11 is 0. The number of aryl methyl sites for hydroxylation is 1. The van der Waals surface area contributed by atoms with Gasteiger partial charge in [0.25, 0.3) is 0 Å². The molecule has 0 bridgehead atoms. The van der Waals surface area contributed by atoms with Crippen molar-refractivity contribution in [3.63, 3.8) is 0 Å². The SMILES string of the molecule is NC(=O)c1ccc(-c2cnc(N)nc2C2CCCCN2C(=O)CCc2ccccc2)cc1. The van der Waals surface area contributed by atoms with Crippen LogP contribution >= 0.6 is 0 Å². The molecule has 2 amide bonds. The van der Waals surface area contributed by atoms with E-state index >= 15 is 0 Å². The van der Waals surface area contributed by atoms with E-state index in [1.807, 2.05) is 47.4 Å². The fraction of sp³-hybridized carbons (Fsp3) is 0.280. The van der Waals surface area contributed by atoms with Crippen LogP contribution in [-0.4, -0.2) is 33.2 Å². The van der Waals surface area contributed by atoms with Gasteiger partial charge in [-0.3, -0.25) is 9.59 Å². The number of hydrogen-bond acceptors (Lipinski definition) is 5. The number of nitrogen functional groups attached to an aromatic ring is 1. The lowest BCUT2D eigenvalue weighted by Gasteiger charge is -2.36. The van der Waals surface area contributed by atoms with Gasteiger partial charge in [-0.2, -0.15) is 0 Å². The largest absolute Gasteiger partial charge is 0.368 e. The Balaban J connectivity index is 1.62. The Morgan fingerprint density at radius 3 is 2.50 bits per heavy atom. The quantitative estimate of drug-likeness (QED) is 0.622.